The minimum absolute atomic E-state index is 0.351. The predicted octanol–water partition coefficient (Wildman–Crippen LogP) is 1.50. The molecule has 0 radical (unpaired) electrons. The lowest BCUT2D eigenvalue weighted by atomic mass is 10.2. The Kier molecular flexibility index (Phi) is 2.33. The summed E-state index contributed by atoms with van der Waals surface area (Å²) in [6, 6.07) is 5.36. The number of nitrogens with two attached hydrogens (primary N) is 1. The molecule has 0 unspecified atom stereocenters. The average Bonchev–Trinajstić information content (AvgIpc) is 1.97. The van der Waals surface area contributed by atoms with E-state index in [0.717, 1.165) is 5.56 Å². The van der Waals surface area contributed by atoms with Crippen LogP contribution < -0.4 is 10.5 Å². The maximum absolute atomic E-state index is 10.6. The van der Waals surface area contributed by atoms with Crippen LogP contribution in [0.3, 0.4) is 0 Å². The molecule has 0 aromatic heterocycles. The quantitative estimate of drug-likeness (QED) is 0.390. The van der Waals surface area contributed by atoms with E-state index in [1.165, 1.54) is 6.92 Å². The normalized spacial score (nSPS) is 9.50. The lowest BCUT2D eigenvalue weighted by molar-refractivity contribution is -0.131. The van der Waals surface area contributed by atoms with Crippen LogP contribution in [0, 0.1) is 6.92 Å². The Morgan fingerprint density at radius 2 is 2.17 bits per heavy atom. The van der Waals surface area contributed by atoms with Crippen LogP contribution in [-0.2, 0) is 4.79 Å². The fraction of sp³-hybridized carbons (Fsp3) is 0.222. The zero-order valence-corrected chi connectivity index (χ0v) is 7.13. The zero-order chi connectivity index (χ0) is 9.14. The predicted molar refractivity (Wildman–Crippen MR) is 46.9 cm³/mol. The van der Waals surface area contributed by atoms with Gasteiger partial charge in [0, 0.05) is 6.92 Å². The first-order valence-corrected chi connectivity index (χ1v) is 3.65. The lowest BCUT2D eigenvalue weighted by Gasteiger charge is -2.07. The summed E-state index contributed by atoms with van der Waals surface area (Å²) in [6.07, 6.45) is 0. The van der Waals surface area contributed by atoms with Crippen molar-refractivity contribution in [2.75, 3.05) is 5.73 Å². The minimum atomic E-state index is -0.351. The Morgan fingerprint density at radius 3 is 2.67 bits per heavy atom. The summed E-state index contributed by atoms with van der Waals surface area (Å²) in [5.41, 5.74) is 6.95. The standard InChI is InChI=1S/C9H11NO2/c1-6-4-3-5-8(10)9(6)12-7(2)11/h3-5H,10H2,1-2H3. The second kappa shape index (κ2) is 3.26. The van der Waals surface area contributed by atoms with Crippen molar-refractivity contribution in [3.63, 3.8) is 0 Å². The maximum atomic E-state index is 10.6. The van der Waals surface area contributed by atoms with Crippen LogP contribution in [-0.4, -0.2) is 5.97 Å². The molecule has 0 fully saturated rings. The number of hydrogen-bond donors (Lipinski definition) is 1. The lowest BCUT2D eigenvalue weighted by Crippen LogP contribution is -2.05. The van der Waals surface area contributed by atoms with Gasteiger partial charge in [-0.1, -0.05) is 12.1 Å². The first kappa shape index (κ1) is 8.59. The molecule has 64 valence electrons. The van der Waals surface area contributed by atoms with Crippen molar-refractivity contribution in [1.82, 2.24) is 0 Å². The third-order valence-corrected chi connectivity index (χ3v) is 1.49. The van der Waals surface area contributed by atoms with Gasteiger partial charge in [-0.3, -0.25) is 4.79 Å². The molecule has 0 saturated heterocycles. The van der Waals surface area contributed by atoms with Gasteiger partial charge in [0.2, 0.25) is 0 Å². The van der Waals surface area contributed by atoms with E-state index in [4.69, 9.17) is 10.5 Å². The van der Waals surface area contributed by atoms with Crippen LogP contribution in [0.15, 0.2) is 18.2 Å². The van der Waals surface area contributed by atoms with Gasteiger partial charge in [-0.15, -0.1) is 0 Å². The van der Waals surface area contributed by atoms with Gasteiger partial charge in [-0.05, 0) is 18.6 Å². The first-order valence-electron chi connectivity index (χ1n) is 3.65. The van der Waals surface area contributed by atoms with Crippen molar-refractivity contribution >= 4 is 11.7 Å². The summed E-state index contributed by atoms with van der Waals surface area (Å²) in [5.74, 6) is 0.112. The van der Waals surface area contributed by atoms with E-state index in [-0.39, 0.29) is 5.97 Å². The number of ether oxygens (including phenoxy) is 1. The monoisotopic (exact) mass is 165 g/mol. The van der Waals surface area contributed by atoms with Crippen LogP contribution in [0.4, 0.5) is 5.69 Å². The maximum Gasteiger partial charge on any atom is 0.308 e. The second-order valence-electron chi connectivity index (χ2n) is 2.59. The molecule has 0 heterocycles. The molecule has 0 bridgehead atoms. The Morgan fingerprint density at radius 1 is 1.50 bits per heavy atom. The Labute approximate surface area is 71.1 Å². The highest BCUT2D eigenvalue weighted by Gasteiger charge is 2.05. The molecule has 0 aliphatic carbocycles. The van der Waals surface area contributed by atoms with Crippen molar-refractivity contribution in [2.45, 2.75) is 13.8 Å². The van der Waals surface area contributed by atoms with Crippen LogP contribution in [0.2, 0.25) is 0 Å². The zero-order valence-electron chi connectivity index (χ0n) is 7.13. The van der Waals surface area contributed by atoms with Gasteiger partial charge in [-0.25, -0.2) is 0 Å². The van der Waals surface area contributed by atoms with Gasteiger partial charge in [0.15, 0.2) is 5.75 Å². The number of aryl methyl sites for hydroxylation is 1. The number of nitrogen functional groups attached to an aromatic ring is 1. The van der Waals surface area contributed by atoms with Crippen LogP contribution in [0.5, 0.6) is 5.75 Å². The summed E-state index contributed by atoms with van der Waals surface area (Å²) in [6.45, 7) is 3.19. The summed E-state index contributed by atoms with van der Waals surface area (Å²) in [5, 5.41) is 0. The SMILES string of the molecule is CC(=O)Oc1c(C)cccc1N. The van der Waals surface area contributed by atoms with E-state index >= 15 is 0 Å². The number of benzene rings is 1. The second-order valence-corrected chi connectivity index (χ2v) is 2.59. The van der Waals surface area contributed by atoms with E-state index < -0.39 is 0 Å². The van der Waals surface area contributed by atoms with Gasteiger partial charge in [0.25, 0.3) is 0 Å². The highest BCUT2D eigenvalue weighted by atomic mass is 16.5. The number of para-hydroxylation sites is 1. The molecular weight excluding hydrogens is 154 g/mol. The fourth-order valence-electron chi connectivity index (χ4n) is 0.958. The van der Waals surface area contributed by atoms with E-state index in [2.05, 4.69) is 0 Å². The largest absolute Gasteiger partial charge is 0.424 e. The Hall–Kier alpha value is -1.51. The molecule has 0 atom stereocenters. The van der Waals surface area contributed by atoms with Gasteiger partial charge in [0.05, 0.1) is 5.69 Å². The van der Waals surface area contributed by atoms with E-state index in [1.54, 1.807) is 6.07 Å². The molecule has 0 aliphatic rings. The number of carbonyl (C=O) groups excluding carboxylic acids is 1. The molecule has 2 N–H and O–H groups in total. The van der Waals surface area contributed by atoms with Crippen molar-refractivity contribution in [1.29, 1.82) is 0 Å². The number of esters is 1. The van der Waals surface area contributed by atoms with Gasteiger partial charge >= 0.3 is 5.97 Å². The van der Waals surface area contributed by atoms with Crippen molar-refractivity contribution in [2.24, 2.45) is 0 Å². The molecule has 1 rings (SSSR count). The third kappa shape index (κ3) is 1.75. The molecule has 0 saturated carbocycles. The van der Waals surface area contributed by atoms with Crippen LogP contribution in [0.25, 0.3) is 0 Å². The van der Waals surface area contributed by atoms with E-state index in [0.29, 0.717) is 11.4 Å². The Bertz CT molecular complexity index is 287. The Balaban J connectivity index is 3.04. The molecule has 0 aliphatic heterocycles. The van der Waals surface area contributed by atoms with Crippen molar-refractivity contribution in [3.8, 4) is 5.75 Å². The molecular formula is C9H11NO2. The summed E-state index contributed by atoms with van der Waals surface area (Å²) < 4.78 is 4.91. The summed E-state index contributed by atoms with van der Waals surface area (Å²) in [7, 11) is 0. The highest BCUT2D eigenvalue weighted by molar-refractivity contribution is 5.73. The molecule has 0 amide bonds. The van der Waals surface area contributed by atoms with Crippen LogP contribution >= 0.6 is 0 Å². The van der Waals surface area contributed by atoms with E-state index in [9.17, 15) is 4.79 Å². The molecule has 3 heteroatoms. The molecule has 3 nitrogen and oxygen atoms in total. The van der Waals surface area contributed by atoms with Gasteiger partial charge in [0.1, 0.15) is 0 Å². The fourth-order valence-corrected chi connectivity index (χ4v) is 0.958. The van der Waals surface area contributed by atoms with Crippen molar-refractivity contribution in [3.05, 3.63) is 23.8 Å². The van der Waals surface area contributed by atoms with E-state index in [1.807, 2.05) is 19.1 Å². The topological polar surface area (TPSA) is 52.3 Å². The van der Waals surface area contributed by atoms with Gasteiger partial charge < -0.3 is 10.5 Å². The number of carbonyl (C=O) groups is 1. The number of rotatable bonds is 1. The average molecular weight is 165 g/mol. The minimum Gasteiger partial charge on any atom is -0.424 e. The number of hydrogen-bond acceptors (Lipinski definition) is 3. The van der Waals surface area contributed by atoms with Crippen LogP contribution in [0.1, 0.15) is 12.5 Å². The first-order chi connectivity index (χ1) is 5.61. The van der Waals surface area contributed by atoms with Crippen molar-refractivity contribution < 1.29 is 9.53 Å². The molecule has 0 spiro atoms. The highest BCUT2D eigenvalue weighted by Crippen LogP contribution is 2.25. The third-order valence-electron chi connectivity index (χ3n) is 1.49. The number of anilines is 1. The summed E-state index contributed by atoms with van der Waals surface area (Å²) >= 11 is 0. The smallest absolute Gasteiger partial charge is 0.308 e. The molecule has 1 aromatic rings. The molecule has 12 heavy (non-hydrogen) atoms. The molecule has 1 aromatic carbocycles. The van der Waals surface area contributed by atoms with Gasteiger partial charge in [-0.2, -0.15) is 0 Å². The summed E-state index contributed by atoms with van der Waals surface area (Å²) in [4.78, 5) is 10.6.